The molecule has 3 aromatic heterocycles. The van der Waals surface area contributed by atoms with E-state index < -0.39 is 17.9 Å². The van der Waals surface area contributed by atoms with E-state index in [1.807, 2.05) is 13.0 Å². The van der Waals surface area contributed by atoms with Gasteiger partial charge < -0.3 is 20.4 Å². The van der Waals surface area contributed by atoms with Crippen molar-refractivity contribution in [2.45, 2.75) is 32.7 Å². The van der Waals surface area contributed by atoms with E-state index in [9.17, 15) is 14.4 Å². The minimum absolute atomic E-state index is 0.127. The van der Waals surface area contributed by atoms with Crippen LogP contribution in [0, 0.1) is 6.92 Å². The molecule has 0 aliphatic heterocycles. The number of carboxylic acid groups (broad SMARTS) is 1. The fourth-order valence-electron chi connectivity index (χ4n) is 2.71. The number of amides is 1. The van der Waals surface area contributed by atoms with Gasteiger partial charge in [-0.15, -0.1) is 11.3 Å². The molecule has 0 bridgehead atoms. The molecule has 0 spiro atoms. The summed E-state index contributed by atoms with van der Waals surface area (Å²) in [7, 11) is 0. The molecular formula is C17H18N4O4S. The summed E-state index contributed by atoms with van der Waals surface area (Å²) >= 11 is 1.27. The molecule has 4 N–H and O–H groups in total. The number of aromatic amines is 2. The number of H-pyrrole nitrogens is 2. The molecule has 9 heteroatoms. The van der Waals surface area contributed by atoms with Crippen LogP contribution in [0.4, 0.5) is 0 Å². The van der Waals surface area contributed by atoms with E-state index in [1.165, 1.54) is 18.3 Å². The van der Waals surface area contributed by atoms with Gasteiger partial charge in [0, 0.05) is 17.0 Å². The second kappa shape index (κ2) is 6.75. The van der Waals surface area contributed by atoms with Crippen LogP contribution in [0.15, 0.2) is 23.1 Å². The Labute approximate surface area is 152 Å². The number of rotatable bonds is 5. The maximum Gasteiger partial charge on any atom is 0.325 e. The van der Waals surface area contributed by atoms with Crippen LogP contribution >= 0.6 is 11.3 Å². The van der Waals surface area contributed by atoms with Crippen LogP contribution in [0.25, 0.3) is 11.0 Å². The molecule has 0 fully saturated rings. The summed E-state index contributed by atoms with van der Waals surface area (Å²) in [5.74, 6) is -1.12. The summed E-state index contributed by atoms with van der Waals surface area (Å²) < 4.78 is 0. The fourth-order valence-corrected chi connectivity index (χ4v) is 3.69. The first-order chi connectivity index (χ1) is 12.3. The van der Waals surface area contributed by atoms with Crippen molar-refractivity contribution in [3.05, 3.63) is 49.8 Å². The molecule has 0 aromatic carbocycles. The Balaban J connectivity index is 1.89. The van der Waals surface area contributed by atoms with E-state index in [0.717, 1.165) is 10.4 Å². The molecule has 0 saturated heterocycles. The Morgan fingerprint density at radius 3 is 2.73 bits per heavy atom. The standard InChI is InChI=1S/C17H18N4O4S/c1-7(10-6-18-14-13(10)16(23)21-9(3)20-14)11-4-5-12(26-11)15(22)19-8(2)17(24)25/h4-8H,1-3H3,(H,19,22)(H,24,25)(H2,18,20,21,23)/t7?,8-/m0/s1. The van der Waals surface area contributed by atoms with Gasteiger partial charge in [0.25, 0.3) is 11.5 Å². The number of carbonyl (C=O) groups excluding carboxylic acids is 1. The van der Waals surface area contributed by atoms with Crippen LogP contribution in [0.3, 0.4) is 0 Å². The van der Waals surface area contributed by atoms with Crippen LogP contribution in [0.1, 0.15) is 45.7 Å². The summed E-state index contributed by atoms with van der Waals surface area (Å²) in [6, 6.07) is 2.50. The molecule has 0 saturated carbocycles. The predicted molar refractivity (Wildman–Crippen MR) is 97.9 cm³/mol. The van der Waals surface area contributed by atoms with Gasteiger partial charge >= 0.3 is 5.97 Å². The van der Waals surface area contributed by atoms with Crippen LogP contribution < -0.4 is 10.9 Å². The highest BCUT2D eigenvalue weighted by Crippen LogP contribution is 2.32. The number of hydrogen-bond acceptors (Lipinski definition) is 5. The summed E-state index contributed by atoms with van der Waals surface area (Å²) in [5.41, 5.74) is 1.11. The van der Waals surface area contributed by atoms with Crippen molar-refractivity contribution in [3.63, 3.8) is 0 Å². The molecule has 0 aliphatic rings. The highest BCUT2D eigenvalue weighted by Gasteiger charge is 2.21. The minimum atomic E-state index is -1.09. The second-order valence-electron chi connectivity index (χ2n) is 6.08. The lowest BCUT2D eigenvalue weighted by Crippen LogP contribution is -2.37. The Morgan fingerprint density at radius 1 is 1.31 bits per heavy atom. The molecule has 8 nitrogen and oxygen atoms in total. The molecule has 2 atom stereocenters. The highest BCUT2D eigenvalue weighted by atomic mass is 32.1. The van der Waals surface area contributed by atoms with Gasteiger partial charge in [0.15, 0.2) is 0 Å². The maximum absolute atomic E-state index is 12.3. The van der Waals surface area contributed by atoms with E-state index in [4.69, 9.17) is 5.11 Å². The van der Waals surface area contributed by atoms with Crippen molar-refractivity contribution in [1.29, 1.82) is 0 Å². The number of nitrogens with one attached hydrogen (secondary N) is 3. The molecule has 1 unspecified atom stereocenters. The van der Waals surface area contributed by atoms with E-state index >= 15 is 0 Å². The minimum Gasteiger partial charge on any atom is -0.480 e. The van der Waals surface area contributed by atoms with Crippen LogP contribution in [0.5, 0.6) is 0 Å². The van der Waals surface area contributed by atoms with Gasteiger partial charge in [-0.3, -0.25) is 14.4 Å². The molecular weight excluding hydrogens is 356 g/mol. The first-order valence-corrected chi connectivity index (χ1v) is 8.81. The first kappa shape index (κ1) is 17.9. The van der Waals surface area contributed by atoms with Gasteiger partial charge in [-0.1, -0.05) is 6.92 Å². The molecule has 3 heterocycles. The summed E-state index contributed by atoms with van der Waals surface area (Å²) in [6.45, 7) is 5.06. The molecule has 26 heavy (non-hydrogen) atoms. The zero-order chi connectivity index (χ0) is 19.0. The number of hydrogen-bond donors (Lipinski definition) is 4. The van der Waals surface area contributed by atoms with E-state index in [-0.39, 0.29) is 11.5 Å². The van der Waals surface area contributed by atoms with Crippen LogP contribution in [0.2, 0.25) is 0 Å². The van der Waals surface area contributed by atoms with E-state index in [0.29, 0.717) is 21.7 Å². The third kappa shape index (κ3) is 3.25. The molecule has 1 amide bonds. The van der Waals surface area contributed by atoms with Gasteiger partial charge in [0.05, 0.1) is 10.3 Å². The third-order valence-electron chi connectivity index (χ3n) is 4.15. The summed E-state index contributed by atoms with van der Waals surface area (Å²) in [4.78, 5) is 46.6. The smallest absolute Gasteiger partial charge is 0.325 e. The number of carbonyl (C=O) groups is 2. The van der Waals surface area contributed by atoms with E-state index in [1.54, 1.807) is 19.2 Å². The predicted octanol–water partition coefficient (Wildman–Crippen LogP) is 1.98. The van der Waals surface area contributed by atoms with Gasteiger partial charge in [-0.2, -0.15) is 0 Å². The average molecular weight is 374 g/mol. The zero-order valence-electron chi connectivity index (χ0n) is 14.4. The fraction of sp³-hybridized carbons (Fsp3) is 0.294. The first-order valence-electron chi connectivity index (χ1n) is 7.99. The number of thiophene rings is 1. The number of carboxylic acids is 1. The average Bonchev–Trinajstić information content (AvgIpc) is 3.21. The Bertz CT molecular complexity index is 1050. The Hall–Kier alpha value is -2.94. The highest BCUT2D eigenvalue weighted by molar-refractivity contribution is 7.14. The molecule has 3 rings (SSSR count). The van der Waals surface area contributed by atoms with Crippen molar-refractivity contribution in [2.75, 3.05) is 0 Å². The number of nitrogens with zero attached hydrogens (tertiary/aromatic N) is 1. The summed E-state index contributed by atoms with van der Waals surface area (Å²) in [6.07, 6.45) is 1.75. The quantitative estimate of drug-likeness (QED) is 0.543. The molecule has 0 aliphatic carbocycles. The van der Waals surface area contributed by atoms with Crippen LogP contribution in [-0.2, 0) is 4.79 Å². The normalized spacial score (nSPS) is 13.5. The van der Waals surface area contributed by atoms with Gasteiger partial charge in [-0.25, -0.2) is 4.98 Å². The topological polar surface area (TPSA) is 128 Å². The molecule has 136 valence electrons. The van der Waals surface area contributed by atoms with Crippen molar-refractivity contribution < 1.29 is 14.7 Å². The lowest BCUT2D eigenvalue weighted by molar-refractivity contribution is -0.138. The molecule has 0 radical (unpaired) electrons. The van der Waals surface area contributed by atoms with Gasteiger partial charge in [-0.05, 0) is 31.5 Å². The van der Waals surface area contributed by atoms with Crippen molar-refractivity contribution >= 4 is 34.2 Å². The van der Waals surface area contributed by atoms with Crippen molar-refractivity contribution in [3.8, 4) is 0 Å². The van der Waals surface area contributed by atoms with Gasteiger partial charge in [0.2, 0.25) is 0 Å². The SMILES string of the molecule is Cc1nc2[nH]cc(C(C)c3ccc(C(=O)N[C@@H](C)C(=O)O)s3)c2c(=O)[nH]1. The van der Waals surface area contributed by atoms with E-state index in [2.05, 4.69) is 20.3 Å². The lowest BCUT2D eigenvalue weighted by atomic mass is 10.0. The Kier molecular flexibility index (Phi) is 4.64. The number of fused-ring (bicyclic) bond motifs is 1. The van der Waals surface area contributed by atoms with Crippen molar-refractivity contribution in [1.82, 2.24) is 20.3 Å². The largest absolute Gasteiger partial charge is 0.480 e. The summed E-state index contributed by atoms with van der Waals surface area (Å²) in [5, 5.41) is 11.8. The van der Waals surface area contributed by atoms with Gasteiger partial charge in [0.1, 0.15) is 17.5 Å². The third-order valence-corrected chi connectivity index (χ3v) is 5.42. The number of aryl methyl sites for hydroxylation is 1. The number of aliphatic carboxylic acids is 1. The maximum atomic E-state index is 12.3. The Morgan fingerprint density at radius 2 is 2.04 bits per heavy atom. The van der Waals surface area contributed by atoms with Crippen LogP contribution in [-0.4, -0.2) is 38.0 Å². The molecule has 3 aromatic rings. The lowest BCUT2D eigenvalue weighted by Gasteiger charge is -2.09. The van der Waals surface area contributed by atoms with Crippen molar-refractivity contribution in [2.24, 2.45) is 0 Å². The second-order valence-corrected chi connectivity index (χ2v) is 7.19. The number of aromatic nitrogens is 3. The monoisotopic (exact) mass is 374 g/mol. The zero-order valence-corrected chi connectivity index (χ0v) is 15.2.